The molecule has 5 heteroatoms. The minimum absolute atomic E-state index is 0.124. The van der Waals surface area contributed by atoms with Crippen LogP contribution >= 0.6 is 0 Å². The molecule has 1 atom stereocenters. The second-order valence-corrected chi connectivity index (χ2v) is 6.04. The van der Waals surface area contributed by atoms with E-state index in [9.17, 15) is 9.00 Å². The zero-order valence-electron chi connectivity index (χ0n) is 11.3. The van der Waals surface area contributed by atoms with E-state index in [1.165, 1.54) is 0 Å². The average molecular weight is 298 g/mol. The monoisotopic (exact) mass is 298 g/mol. The third kappa shape index (κ3) is 4.26. The first-order chi connectivity index (χ1) is 10.1. The van der Waals surface area contributed by atoms with Gasteiger partial charge in [0.05, 0.1) is 11.6 Å². The third-order valence-electron chi connectivity index (χ3n) is 2.91. The summed E-state index contributed by atoms with van der Waals surface area (Å²) < 4.78 is 11.7. The quantitative estimate of drug-likeness (QED) is 0.915. The summed E-state index contributed by atoms with van der Waals surface area (Å²) in [6.07, 6.45) is 0. The number of nitriles is 1. The lowest BCUT2D eigenvalue weighted by molar-refractivity contribution is -0.115. The fourth-order valence-corrected chi connectivity index (χ4v) is 2.94. The van der Waals surface area contributed by atoms with Gasteiger partial charge in [-0.05, 0) is 28.8 Å². The highest BCUT2D eigenvalue weighted by atomic mass is 32.2. The molecule has 0 unspecified atom stereocenters. The highest BCUT2D eigenvalue weighted by Gasteiger charge is 2.06. The Kier molecular flexibility index (Phi) is 4.85. The number of hydrogen-bond acceptors (Lipinski definition) is 3. The van der Waals surface area contributed by atoms with E-state index in [-0.39, 0.29) is 5.75 Å². The molecule has 106 valence electrons. The van der Waals surface area contributed by atoms with Gasteiger partial charge in [-0.3, -0.25) is 9.00 Å². The fraction of sp³-hybridized carbons (Fsp3) is 0.125. The lowest BCUT2D eigenvalue weighted by Gasteiger charge is -2.05. The van der Waals surface area contributed by atoms with Gasteiger partial charge >= 0.3 is 0 Å². The molecule has 0 bridgehead atoms. The molecule has 0 heterocycles. The van der Waals surface area contributed by atoms with Crippen LogP contribution in [0.15, 0.2) is 48.5 Å². The maximum absolute atomic E-state index is 11.7. The van der Waals surface area contributed by atoms with E-state index in [2.05, 4.69) is 6.07 Å². The fourth-order valence-electron chi connectivity index (χ4n) is 1.97. The largest absolute Gasteiger partial charge is 0.369 e. The van der Waals surface area contributed by atoms with Gasteiger partial charge in [0, 0.05) is 16.6 Å². The summed E-state index contributed by atoms with van der Waals surface area (Å²) in [7, 11) is -1.29. The molecule has 4 nitrogen and oxygen atoms in total. The van der Waals surface area contributed by atoms with Gasteiger partial charge in [-0.25, -0.2) is 0 Å². The van der Waals surface area contributed by atoms with Crippen LogP contribution in [0.1, 0.15) is 11.1 Å². The highest BCUT2D eigenvalue weighted by Crippen LogP contribution is 2.21. The smallest absolute Gasteiger partial charge is 0.230 e. The van der Waals surface area contributed by atoms with Crippen LogP contribution in [-0.2, 0) is 21.3 Å². The molecule has 2 aromatic carbocycles. The van der Waals surface area contributed by atoms with Crippen LogP contribution in [0.3, 0.4) is 0 Å². The normalized spacial score (nSPS) is 11.6. The Morgan fingerprint density at radius 1 is 1.14 bits per heavy atom. The Bertz CT molecular complexity index is 718. The Labute approximate surface area is 125 Å². The summed E-state index contributed by atoms with van der Waals surface area (Å²) >= 11 is 0. The number of carbonyl (C=O) groups is 1. The van der Waals surface area contributed by atoms with Gasteiger partial charge in [-0.2, -0.15) is 5.26 Å². The molecule has 0 saturated heterocycles. The molecule has 0 aliphatic rings. The van der Waals surface area contributed by atoms with Gasteiger partial charge in [0.1, 0.15) is 5.75 Å². The van der Waals surface area contributed by atoms with Crippen molar-refractivity contribution in [1.29, 1.82) is 5.26 Å². The van der Waals surface area contributed by atoms with Gasteiger partial charge in [0.2, 0.25) is 5.91 Å². The molecule has 2 rings (SSSR count). The predicted molar refractivity (Wildman–Crippen MR) is 82.5 cm³/mol. The van der Waals surface area contributed by atoms with Gasteiger partial charge in [-0.1, -0.05) is 36.4 Å². The van der Waals surface area contributed by atoms with Crippen molar-refractivity contribution >= 4 is 16.7 Å². The molecule has 0 aromatic heterocycles. The average Bonchev–Trinajstić information content (AvgIpc) is 2.46. The standard InChI is InChI=1S/C16H14N2O2S/c17-9-12-4-6-14(7-5-12)15-3-1-2-13(8-15)10-21(20)11-16(18)19/h1-8H,10-11H2,(H2,18,19)/t21-/m1/s1. The minimum Gasteiger partial charge on any atom is -0.369 e. The van der Waals surface area contributed by atoms with Crippen molar-refractivity contribution in [2.75, 3.05) is 5.75 Å². The number of benzene rings is 2. The molecular weight excluding hydrogens is 284 g/mol. The molecule has 2 aromatic rings. The summed E-state index contributed by atoms with van der Waals surface area (Å²) in [4.78, 5) is 10.8. The molecule has 0 aliphatic carbocycles. The number of rotatable bonds is 5. The van der Waals surface area contributed by atoms with Crippen LogP contribution < -0.4 is 5.73 Å². The molecule has 0 fully saturated rings. The third-order valence-corrected chi connectivity index (χ3v) is 4.17. The van der Waals surface area contributed by atoms with E-state index in [0.29, 0.717) is 11.3 Å². The maximum Gasteiger partial charge on any atom is 0.230 e. The van der Waals surface area contributed by atoms with E-state index in [1.54, 1.807) is 12.1 Å². The van der Waals surface area contributed by atoms with Crippen molar-refractivity contribution < 1.29 is 9.00 Å². The maximum atomic E-state index is 11.7. The first-order valence-electron chi connectivity index (χ1n) is 6.31. The zero-order chi connectivity index (χ0) is 15.2. The summed E-state index contributed by atoms with van der Waals surface area (Å²) in [5.74, 6) is -0.384. The molecule has 1 amide bonds. The molecule has 0 spiro atoms. The van der Waals surface area contributed by atoms with Crippen LogP contribution in [-0.4, -0.2) is 15.9 Å². The van der Waals surface area contributed by atoms with E-state index in [1.807, 2.05) is 36.4 Å². The number of nitrogens with zero attached hydrogens (tertiary/aromatic N) is 1. The van der Waals surface area contributed by atoms with Crippen LogP contribution in [0, 0.1) is 11.3 Å². The Morgan fingerprint density at radius 2 is 1.86 bits per heavy atom. The summed E-state index contributed by atoms with van der Waals surface area (Å²) in [6.45, 7) is 0. The highest BCUT2D eigenvalue weighted by molar-refractivity contribution is 7.84. The number of hydrogen-bond donors (Lipinski definition) is 1. The van der Waals surface area contributed by atoms with Crippen molar-refractivity contribution in [1.82, 2.24) is 0 Å². The molecule has 2 N–H and O–H groups in total. The molecule has 0 saturated carbocycles. The van der Waals surface area contributed by atoms with Crippen LogP contribution in [0.4, 0.5) is 0 Å². The SMILES string of the molecule is N#Cc1ccc(-c2cccc(C[S@@](=O)CC(N)=O)c2)cc1. The number of amides is 1. The van der Waals surface area contributed by atoms with Gasteiger partial charge in [0.25, 0.3) is 0 Å². The molecule has 21 heavy (non-hydrogen) atoms. The minimum atomic E-state index is -1.29. The summed E-state index contributed by atoms with van der Waals surface area (Å²) in [5.41, 5.74) is 8.49. The van der Waals surface area contributed by atoms with Crippen molar-refractivity contribution in [3.63, 3.8) is 0 Å². The van der Waals surface area contributed by atoms with Crippen LogP contribution in [0.2, 0.25) is 0 Å². The van der Waals surface area contributed by atoms with Crippen LogP contribution in [0.5, 0.6) is 0 Å². The lowest BCUT2D eigenvalue weighted by Crippen LogP contribution is -2.20. The number of nitrogens with two attached hydrogens (primary N) is 1. The molecule has 0 radical (unpaired) electrons. The molecule has 0 aliphatic heterocycles. The molecular formula is C16H14N2O2S. The second kappa shape index (κ2) is 6.82. The number of primary amides is 1. The van der Waals surface area contributed by atoms with E-state index in [0.717, 1.165) is 16.7 Å². The van der Waals surface area contributed by atoms with E-state index in [4.69, 9.17) is 11.0 Å². The van der Waals surface area contributed by atoms with Crippen molar-refractivity contribution in [2.45, 2.75) is 5.75 Å². The summed E-state index contributed by atoms with van der Waals surface area (Å²) in [5, 5.41) is 8.79. The Balaban J connectivity index is 2.19. The van der Waals surface area contributed by atoms with E-state index >= 15 is 0 Å². The van der Waals surface area contributed by atoms with Gasteiger partial charge in [0.15, 0.2) is 0 Å². The second-order valence-electron chi connectivity index (χ2n) is 4.58. The van der Waals surface area contributed by atoms with Crippen molar-refractivity contribution in [2.24, 2.45) is 5.73 Å². The Hall–Kier alpha value is -2.45. The first kappa shape index (κ1) is 14.9. The summed E-state index contributed by atoms with van der Waals surface area (Å²) in [6, 6.07) is 17.0. The van der Waals surface area contributed by atoms with Crippen molar-refractivity contribution in [3.05, 3.63) is 59.7 Å². The predicted octanol–water partition coefficient (Wildman–Crippen LogP) is 1.96. The topological polar surface area (TPSA) is 83.9 Å². The Morgan fingerprint density at radius 3 is 2.48 bits per heavy atom. The lowest BCUT2D eigenvalue weighted by atomic mass is 10.0. The van der Waals surface area contributed by atoms with Gasteiger partial charge in [-0.15, -0.1) is 0 Å². The van der Waals surface area contributed by atoms with Gasteiger partial charge < -0.3 is 5.73 Å². The van der Waals surface area contributed by atoms with E-state index < -0.39 is 16.7 Å². The van der Waals surface area contributed by atoms with Crippen molar-refractivity contribution in [3.8, 4) is 17.2 Å². The zero-order valence-corrected chi connectivity index (χ0v) is 12.1. The first-order valence-corrected chi connectivity index (χ1v) is 7.80. The van der Waals surface area contributed by atoms with Crippen LogP contribution in [0.25, 0.3) is 11.1 Å². The number of carbonyl (C=O) groups excluding carboxylic acids is 1.